The summed E-state index contributed by atoms with van der Waals surface area (Å²) < 4.78 is 0. The number of nitrogens with one attached hydrogen (secondary N) is 1. The zero-order valence-electron chi connectivity index (χ0n) is 17.8. The van der Waals surface area contributed by atoms with Crippen molar-refractivity contribution in [3.63, 3.8) is 0 Å². The summed E-state index contributed by atoms with van der Waals surface area (Å²) in [5.74, 6) is -0.229. The van der Waals surface area contributed by atoms with Crippen LogP contribution < -0.4 is 5.32 Å². The number of halogens is 1. The summed E-state index contributed by atoms with van der Waals surface area (Å²) in [5.41, 5.74) is 4.03. The van der Waals surface area contributed by atoms with E-state index in [0.29, 0.717) is 18.1 Å². The predicted molar refractivity (Wildman–Crippen MR) is 119 cm³/mol. The van der Waals surface area contributed by atoms with Gasteiger partial charge in [-0.3, -0.25) is 9.59 Å². The van der Waals surface area contributed by atoms with Crippen molar-refractivity contribution in [3.05, 3.63) is 69.7 Å². The molecule has 0 aliphatic rings. The second-order valence-electron chi connectivity index (χ2n) is 7.61. The minimum atomic E-state index is -0.582. The smallest absolute Gasteiger partial charge is 0.242 e. The third-order valence-electron chi connectivity index (χ3n) is 4.93. The molecule has 0 aliphatic heterocycles. The summed E-state index contributed by atoms with van der Waals surface area (Å²) in [4.78, 5) is 27.5. The van der Waals surface area contributed by atoms with Crippen LogP contribution in [-0.4, -0.2) is 29.3 Å². The van der Waals surface area contributed by atoms with Crippen LogP contribution >= 0.6 is 11.6 Å². The highest BCUT2D eigenvalue weighted by Crippen LogP contribution is 2.20. The Morgan fingerprint density at radius 3 is 2.38 bits per heavy atom. The second kappa shape index (κ2) is 11.0. The van der Waals surface area contributed by atoms with E-state index in [-0.39, 0.29) is 18.2 Å². The van der Waals surface area contributed by atoms with Crippen molar-refractivity contribution in [2.45, 2.75) is 59.5 Å². The van der Waals surface area contributed by atoms with Crippen LogP contribution in [0.15, 0.2) is 42.5 Å². The lowest BCUT2D eigenvalue weighted by atomic mass is 10.0. The fourth-order valence-electron chi connectivity index (χ4n) is 3.38. The summed E-state index contributed by atoms with van der Waals surface area (Å²) in [5, 5.41) is 3.53. The fourth-order valence-corrected chi connectivity index (χ4v) is 3.57. The highest BCUT2D eigenvalue weighted by Gasteiger charge is 2.26. The third-order valence-corrected chi connectivity index (χ3v) is 5.30. The molecule has 0 aliphatic carbocycles. The van der Waals surface area contributed by atoms with E-state index in [1.807, 2.05) is 44.2 Å². The lowest BCUT2D eigenvalue weighted by Gasteiger charge is -2.29. The van der Waals surface area contributed by atoms with Gasteiger partial charge in [-0.1, -0.05) is 72.5 Å². The molecule has 0 aromatic heterocycles. The molecule has 4 nitrogen and oxygen atoms in total. The molecule has 1 unspecified atom stereocenters. The van der Waals surface area contributed by atoms with Crippen LogP contribution in [0.25, 0.3) is 0 Å². The van der Waals surface area contributed by atoms with Crippen molar-refractivity contribution in [3.8, 4) is 0 Å². The molecule has 5 heteroatoms. The van der Waals surface area contributed by atoms with Gasteiger partial charge in [-0.15, -0.1) is 0 Å². The Balaban J connectivity index is 2.23. The van der Waals surface area contributed by atoms with E-state index < -0.39 is 6.04 Å². The van der Waals surface area contributed by atoms with Gasteiger partial charge in [-0.2, -0.15) is 0 Å². The molecule has 1 N–H and O–H groups in total. The quantitative estimate of drug-likeness (QED) is 0.597. The van der Waals surface area contributed by atoms with Gasteiger partial charge in [-0.05, 0) is 44.4 Å². The van der Waals surface area contributed by atoms with Crippen molar-refractivity contribution < 1.29 is 9.59 Å². The lowest BCUT2D eigenvalue weighted by Crippen LogP contribution is -2.48. The number of nitrogens with zero attached hydrogens (tertiary/aromatic N) is 1. The van der Waals surface area contributed by atoms with Crippen molar-refractivity contribution in [1.82, 2.24) is 10.2 Å². The van der Waals surface area contributed by atoms with Crippen LogP contribution in [-0.2, 0) is 22.6 Å². The minimum absolute atomic E-state index is 0.0898. The molecule has 29 heavy (non-hydrogen) atoms. The van der Waals surface area contributed by atoms with Crippen molar-refractivity contribution in [2.75, 3.05) is 6.54 Å². The van der Waals surface area contributed by atoms with Crippen LogP contribution in [0.1, 0.15) is 48.9 Å². The van der Waals surface area contributed by atoms with Gasteiger partial charge < -0.3 is 10.2 Å². The molecule has 0 bridgehead atoms. The molecule has 0 heterocycles. The zero-order valence-corrected chi connectivity index (χ0v) is 18.6. The summed E-state index contributed by atoms with van der Waals surface area (Å²) in [7, 11) is 0. The number of carbonyl (C=O) groups is 2. The maximum Gasteiger partial charge on any atom is 0.242 e. The first kappa shape index (κ1) is 23.0. The van der Waals surface area contributed by atoms with Crippen LogP contribution in [0.3, 0.4) is 0 Å². The zero-order chi connectivity index (χ0) is 21.4. The molecule has 0 fully saturated rings. The first-order chi connectivity index (χ1) is 13.8. The Hall–Kier alpha value is -2.33. The molecule has 0 saturated carbocycles. The third kappa shape index (κ3) is 6.90. The van der Waals surface area contributed by atoms with Gasteiger partial charge >= 0.3 is 0 Å². The number of aryl methyl sites for hydroxylation is 2. The summed E-state index contributed by atoms with van der Waals surface area (Å²) in [6, 6.07) is 13.0. The average Bonchev–Trinajstić information content (AvgIpc) is 2.66. The lowest BCUT2D eigenvalue weighted by molar-refractivity contribution is -0.140. The van der Waals surface area contributed by atoms with Crippen LogP contribution in [0.4, 0.5) is 0 Å². The van der Waals surface area contributed by atoms with Gasteiger partial charge in [0.2, 0.25) is 11.8 Å². The predicted octanol–water partition coefficient (Wildman–Crippen LogP) is 4.83. The molecular formula is C24H31ClN2O2. The number of hydrogen-bond acceptors (Lipinski definition) is 2. The van der Waals surface area contributed by atoms with E-state index >= 15 is 0 Å². The molecule has 2 aromatic rings. The van der Waals surface area contributed by atoms with Crippen LogP contribution in [0.2, 0.25) is 5.02 Å². The number of rotatable bonds is 9. The van der Waals surface area contributed by atoms with Crippen molar-refractivity contribution in [2.24, 2.45) is 0 Å². The van der Waals surface area contributed by atoms with Crippen molar-refractivity contribution in [1.29, 1.82) is 0 Å². The molecular weight excluding hydrogens is 384 g/mol. The molecule has 0 spiro atoms. The minimum Gasteiger partial charge on any atom is -0.354 e. The average molecular weight is 415 g/mol. The first-order valence-electron chi connectivity index (χ1n) is 10.2. The SMILES string of the molecule is CCCCNC(=O)C(C)N(Cc1ccccc1Cl)C(=O)Cc1cc(C)cc(C)c1. The van der Waals surface area contributed by atoms with E-state index in [0.717, 1.165) is 35.1 Å². The van der Waals surface area contributed by atoms with E-state index in [1.54, 1.807) is 17.9 Å². The summed E-state index contributed by atoms with van der Waals surface area (Å²) >= 11 is 6.32. The van der Waals surface area contributed by atoms with Gasteiger partial charge in [0.05, 0.1) is 6.42 Å². The molecule has 2 rings (SSSR count). The molecule has 1 atom stereocenters. The second-order valence-corrected chi connectivity index (χ2v) is 8.01. The summed E-state index contributed by atoms with van der Waals surface area (Å²) in [6.07, 6.45) is 2.17. The number of carbonyl (C=O) groups excluding carboxylic acids is 2. The van der Waals surface area contributed by atoms with Gasteiger partial charge in [0, 0.05) is 18.1 Å². The largest absolute Gasteiger partial charge is 0.354 e. The monoisotopic (exact) mass is 414 g/mol. The molecule has 2 amide bonds. The Kier molecular flexibility index (Phi) is 8.71. The molecule has 156 valence electrons. The van der Waals surface area contributed by atoms with Gasteiger partial charge in [0.15, 0.2) is 0 Å². The normalized spacial score (nSPS) is 11.8. The highest BCUT2D eigenvalue weighted by atomic mass is 35.5. The van der Waals surface area contributed by atoms with E-state index in [1.165, 1.54) is 0 Å². The molecule has 0 saturated heterocycles. The standard InChI is InChI=1S/C24H31ClN2O2/c1-5-6-11-26-24(29)19(4)27(16-21-9-7-8-10-22(21)25)23(28)15-20-13-17(2)12-18(3)14-20/h7-10,12-14,19H,5-6,11,15-16H2,1-4H3,(H,26,29). The fraction of sp³-hybridized carbons (Fsp3) is 0.417. The number of amides is 2. The Morgan fingerprint density at radius 1 is 1.10 bits per heavy atom. The first-order valence-corrected chi connectivity index (χ1v) is 10.6. The Bertz CT molecular complexity index is 830. The van der Waals surface area contributed by atoms with Crippen molar-refractivity contribution >= 4 is 23.4 Å². The summed E-state index contributed by atoms with van der Waals surface area (Å²) in [6.45, 7) is 8.80. The van der Waals surface area contributed by atoms with E-state index in [9.17, 15) is 9.59 Å². The Morgan fingerprint density at radius 2 is 1.76 bits per heavy atom. The van der Waals surface area contributed by atoms with E-state index in [4.69, 9.17) is 11.6 Å². The molecule has 2 aromatic carbocycles. The maximum atomic E-state index is 13.2. The Labute approximate surface area is 179 Å². The van der Waals surface area contributed by atoms with Crippen LogP contribution in [0, 0.1) is 13.8 Å². The maximum absolute atomic E-state index is 13.2. The highest BCUT2D eigenvalue weighted by molar-refractivity contribution is 6.31. The topological polar surface area (TPSA) is 49.4 Å². The van der Waals surface area contributed by atoms with Crippen LogP contribution in [0.5, 0.6) is 0 Å². The number of benzene rings is 2. The van der Waals surface area contributed by atoms with Gasteiger partial charge in [0.25, 0.3) is 0 Å². The number of hydrogen-bond donors (Lipinski definition) is 1. The van der Waals surface area contributed by atoms with Gasteiger partial charge in [-0.25, -0.2) is 0 Å². The molecule has 0 radical (unpaired) electrons. The van der Waals surface area contributed by atoms with E-state index in [2.05, 4.69) is 18.3 Å². The van der Waals surface area contributed by atoms with Gasteiger partial charge in [0.1, 0.15) is 6.04 Å². The number of unbranched alkanes of at least 4 members (excludes halogenated alkanes) is 1.